The zero-order chi connectivity index (χ0) is 6.41. The molecule has 0 aromatic rings. The van der Waals surface area contributed by atoms with Crippen LogP contribution < -0.4 is 0 Å². The van der Waals surface area contributed by atoms with Crippen molar-refractivity contribution in [3.05, 3.63) is 18.1 Å². The van der Waals surface area contributed by atoms with Gasteiger partial charge in [-0.05, 0) is 19.8 Å². The first kappa shape index (κ1) is 7.74. The van der Waals surface area contributed by atoms with E-state index in [9.17, 15) is 0 Å². The Hall–Kier alpha value is -0.260. The lowest BCUT2D eigenvalue weighted by atomic mass is 10.1. The predicted octanol–water partition coefficient (Wildman–Crippen LogP) is 2.96. The number of hydrogen-bond acceptors (Lipinski definition) is 0. The maximum absolute atomic E-state index is 2.20. The minimum absolute atomic E-state index is 1.24. The fourth-order valence-corrected chi connectivity index (χ4v) is 0.762. The van der Waals surface area contributed by atoms with Crippen molar-refractivity contribution in [3.63, 3.8) is 0 Å². The van der Waals surface area contributed by atoms with Gasteiger partial charge < -0.3 is 0 Å². The van der Waals surface area contributed by atoms with Gasteiger partial charge in [0.05, 0.1) is 0 Å². The molecule has 0 aliphatic heterocycles. The molecule has 0 N–H and O–H groups in total. The second-order valence-corrected chi connectivity index (χ2v) is 2.10. The zero-order valence-electron chi connectivity index (χ0n) is 6.07. The molecular weight excluding hydrogens is 96.1 g/mol. The Labute approximate surface area is 52.6 Å². The fourth-order valence-electron chi connectivity index (χ4n) is 0.762. The van der Waals surface area contributed by atoms with E-state index in [1.165, 1.54) is 18.4 Å². The Kier molecular flexibility index (Phi) is 4.73. The lowest BCUT2D eigenvalue weighted by Crippen LogP contribution is -1.73. The zero-order valence-corrected chi connectivity index (χ0v) is 6.07. The van der Waals surface area contributed by atoms with Crippen molar-refractivity contribution >= 4 is 0 Å². The first-order valence-electron chi connectivity index (χ1n) is 3.26. The minimum atomic E-state index is 1.24. The molecule has 47 valence electrons. The molecule has 0 nitrogen and oxygen atoms in total. The van der Waals surface area contributed by atoms with Crippen LogP contribution in [-0.2, 0) is 0 Å². The molecule has 0 spiro atoms. The van der Waals surface area contributed by atoms with Gasteiger partial charge >= 0.3 is 0 Å². The lowest BCUT2D eigenvalue weighted by molar-refractivity contribution is 0.904. The second-order valence-electron chi connectivity index (χ2n) is 2.10. The Morgan fingerprint density at radius 3 is 2.50 bits per heavy atom. The molecule has 0 aliphatic rings. The molecule has 0 saturated carbocycles. The van der Waals surface area contributed by atoms with Crippen LogP contribution in [0.4, 0.5) is 0 Å². The van der Waals surface area contributed by atoms with Crippen LogP contribution in [0, 0.1) is 6.42 Å². The molecular formula is C8H15. The molecule has 0 aromatic heterocycles. The van der Waals surface area contributed by atoms with E-state index in [1.54, 1.807) is 0 Å². The summed E-state index contributed by atoms with van der Waals surface area (Å²) in [5.74, 6) is 0. The highest BCUT2D eigenvalue weighted by atomic mass is 13.9. The summed E-state index contributed by atoms with van der Waals surface area (Å²) >= 11 is 0. The summed E-state index contributed by atoms with van der Waals surface area (Å²) in [5, 5.41) is 0. The smallest absolute Gasteiger partial charge is 0.0199 e. The van der Waals surface area contributed by atoms with Gasteiger partial charge in [0.15, 0.2) is 0 Å². The Morgan fingerprint density at radius 2 is 2.12 bits per heavy atom. The van der Waals surface area contributed by atoms with Gasteiger partial charge in [0, 0.05) is 0 Å². The summed E-state index contributed by atoms with van der Waals surface area (Å²) in [6, 6.07) is 0. The molecule has 0 atom stereocenters. The molecule has 1 radical (unpaired) electrons. The van der Waals surface area contributed by atoms with Crippen LogP contribution in [0.25, 0.3) is 0 Å². The van der Waals surface area contributed by atoms with Crippen LogP contribution >= 0.6 is 0 Å². The molecule has 0 bridgehead atoms. The monoisotopic (exact) mass is 111 g/mol. The van der Waals surface area contributed by atoms with Gasteiger partial charge in [-0.15, -0.1) is 0 Å². The maximum atomic E-state index is 2.20. The molecule has 0 unspecified atom stereocenters. The standard InChI is InChI=1S/C8H15/c1-4-6-8(3)7-5-2/h4,6H,5,7H2,1-3H3. The van der Waals surface area contributed by atoms with Crippen molar-refractivity contribution in [1.29, 1.82) is 0 Å². The largest absolute Gasteiger partial charge is 0.0822 e. The van der Waals surface area contributed by atoms with Crippen molar-refractivity contribution in [2.45, 2.75) is 33.6 Å². The fraction of sp³-hybridized carbons (Fsp3) is 0.625. The number of rotatable bonds is 3. The molecule has 0 rings (SSSR count). The molecule has 0 saturated heterocycles. The highest BCUT2D eigenvalue weighted by Crippen LogP contribution is 2.02. The van der Waals surface area contributed by atoms with Gasteiger partial charge in [-0.25, -0.2) is 0 Å². The first-order chi connectivity index (χ1) is 3.81. The number of allylic oxidation sites excluding steroid dienone is 2. The molecule has 0 heteroatoms. The van der Waals surface area contributed by atoms with E-state index in [-0.39, 0.29) is 0 Å². The summed E-state index contributed by atoms with van der Waals surface area (Å²) in [6.07, 6.45) is 6.76. The maximum Gasteiger partial charge on any atom is -0.0199 e. The quantitative estimate of drug-likeness (QED) is 0.525. The van der Waals surface area contributed by atoms with Crippen LogP contribution in [0.15, 0.2) is 11.6 Å². The number of hydrogen-bond donors (Lipinski definition) is 0. The third-order valence-corrected chi connectivity index (χ3v) is 1.10. The van der Waals surface area contributed by atoms with E-state index in [0.717, 1.165) is 0 Å². The summed E-state index contributed by atoms with van der Waals surface area (Å²) in [7, 11) is 0. The first-order valence-corrected chi connectivity index (χ1v) is 3.26. The topological polar surface area (TPSA) is 0 Å². The van der Waals surface area contributed by atoms with E-state index in [0.29, 0.717) is 0 Å². The van der Waals surface area contributed by atoms with Crippen molar-refractivity contribution in [1.82, 2.24) is 0 Å². The van der Waals surface area contributed by atoms with E-state index in [1.807, 2.05) is 0 Å². The molecule has 0 fully saturated rings. The van der Waals surface area contributed by atoms with E-state index >= 15 is 0 Å². The van der Waals surface area contributed by atoms with Crippen LogP contribution in [-0.4, -0.2) is 0 Å². The van der Waals surface area contributed by atoms with Crippen LogP contribution in [0.2, 0.25) is 0 Å². The molecule has 0 amide bonds. The van der Waals surface area contributed by atoms with Crippen molar-refractivity contribution in [2.75, 3.05) is 0 Å². The van der Waals surface area contributed by atoms with Gasteiger partial charge in [-0.2, -0.15) is 0 Å². The Balaban J connectivity index is 3.29. The normalized spacial score (nSPS) is 12.1. The van der Waals surface area contributed by atoms with Crippen molar-refractivity contribution in [3.8, 4) is 0 Å². The van der Waals surface area contributed by atoms with Crippen LogP contribution in [0.3, 0.4) is 0 Å². The van der Waals surface area contributed by atoms with Crippen molar-refractivity contribution < 1.29 is 0 Å². The Morgan fingerprint density at radius 1 is 1.50 bits per heavy atom. The molecule has 0 heterocycles. The average molecular weight is 111 g/mol. The second kappa shape index (κ2) is 4.89. The summed E-state index contributed by atoms with van der Waals surface area (Å²) < 4.78 is 0. The average Bonchev–Trinajstić information content (AvgIpc) is 1.68. The SMILES string of the molecule is C[CH]C=C(C)CCC. The van der Waals surface area contributed by atoms with Gasteiger partial charge in [0.25, 0.3) is 0 Å². The summed E-state index contributed by atoms with van der Waals surface area (Å²) in [5.41, 5.74) is 1.48. The van der Waals surface area contributed by atoms with Crippen LogP contribution in [0.5, 0.6) is 0 Å². The molecule has 0 aliphatic carbocycles. The molecule has 0 aromatic carbocycles. The summed E-state index contributed by atoms with van der Waals surface area (Å²) in [6.45, 7) is 6.43. The highest BCUT2D eigenvalue weighted by molar-refractivity contribution is 5.03. The highest BCUT2D eigenvalue weighted by Gasteiger charge is 1.82. The van der Waals surface area contributed by atoms with Gasteiger partial charge in [0.1, 0.15) is 0 Å². The minimum Gasteiger partial charge on any atom is -0.0822 e. The predicted molar refractivity (Wildman–Crippen MR) is 38.6 cm³/mol. The third kappa shape index (κ3) is 3.91. The van der Waals surface area contributed by atoms with Gasteiger partial charge in [0.2, 0.25) is 0 Å². The summed E-state index contributed by atoms with van der Waals surface area (Å²) in [4.78, 5) is 0. The van der Waals surface area contributed by atoms with E-state index < -0.39 is 0 Å². The van der Waals surface area contributed by atoms with Crippen LogP contribution in [0.1, 0.15) is 33.6 Å². The lowest BCUT2D eigenvalue weighted by Gasteiger charge is -1.93. The van der Waals surface area contributed by atoms with Gasteiger partial charge in [-0.3, -0.25) is 0 Å². The third-order valence-electron chi connectivity index (χ3n) is 1.10. The van der Waals surface area contributed by atoms with Gasteiger partial charge in [-0.1, -0.05) is 31.9 Å². The van der Waals surface area contributed by atoms with Crippen molar-refractivity contribution in [2.24, 2.45) is 0 Å². The van der Waals surface area contributed by atoms with E-state index in [2.05, 4.69) is 33.3 Å². The molecule has 8 heavy (non-hydrogen) atoms. The van der Waals surface area contributed by atoms with E-state index in [4.69, 9.17) is 0 Å². The Bertz CT molecular complexity index is 70.1.